The van der Waals surface area contributed by atoms with Gasteiger partial charge in [-0.2, -0.15) is 0 Å². The Kier molecular flexibility index (Phi) is 24.9. The molecule has 1 aliphatic heterocycles. The summed E-state index contributed by atoms with van der Waals surface area (Å²) in [6.45, 7) is 3.76. The molecule has 1 aromatic rings. The van der Waals surface area contributed by atoms with Crippen LogP contribution in [0.1, 0.15) is 134 Å². The van der Waals surface area contributed by atoms with Crippen molar-refractivity contribution in [2.24, 2.45) is 11.1 Å². The first kappa shape index (κ1) is 45.0. The lowest BCUT2D eigenvalue weighted by molar-refractivity contribution is -0.138. The van der Waals surface area contributed by atoms with Gasteiger partial charge in [-0.1, -0.05) is 119 Å². The van der Waals surface area contributed by atoms with Crippen LogP contribution in [-0.4, -0.2) is 84.8 Å². The lowest BCUT2D eigenvalue weighted by Crippen LogP contribution is -2.48. The van der Waals surface area contributed by atoms with Crippen LogP contribution < -0.4 is 16.0 Å². The van der Waals surface area contributed by atoms with E-state index in [1.807, 2.05) is 11.0 Å². The number of hydrogen-bond acceptors (Lipinski definition) is 8. The Balaban J connectivity index is 1.50. The molecule has 0 radical (unpaired) electrons. The number of alkyl carbamates (subject to hydrolysis) is 1. The van der Waals surface area contributed by atoms with E-state index in [-0.39, 0.29) is 37.8 Å². The molecule has 0 bridgehead atoms. The maximum atomic E-state index is 12.7. The van der Waals surface area contributed by atoms with E-state index in [2.05, 4.69) is 28.0 Å². The average molecular weight is 744 g/mol. The number of amides is 4. The zero-order valence-electron chi connectivity index (χ0n) is 32.0. The minimum absolute atomic E-state index is 0.0160. The molecule has 0 saturated carbocycles. The van der Waals surface area contributed by atoms with Crippen molar-refractivity contribution >= 4 is 36.0 Å². The molecule has 0 aliphatic carbocycles. The summed E-state index contributed by atoms with van der Waals surface area (Å²) in [5.74, 6) is -1.61. The Morgan fingerprint density at radius 3 is 2.11 bits per heavy atom. The van der Waals surface area contributed by atoms with Gasteiger partial charge in [0.15, 0.2) is 0 Å². The predicted octanol–water partition coefficient (Wildman–Crippen LogP) is 6.49. The van der Waals surface area contributed by atoms with Gasteiger partial charge in [-0.3, -0.25) is 19.2 Å². The molecule has 1 fully saturated rings. The predicted molar refractivity (Wildman–Crippen MR) is 205 cm³/mol. The molecule has 298 valence electrons. The van der Waals surface area contributed by atoms with Crippen LogP contribution in [0.25, 0.3) is 0 Å². The Morgan fingerprint density at radius 1 is 0.868 bits per heavy atom. The fourth-order valence-electron chi connectivity index (χ4n) is 6.27. The first-order valence-corrected chi connectivity index (χ1v) is 19.9. The second kappa shape index (κ2) is 29.3. The molecule has 1 heterocycles. The summed E-state index contributed by atoms with van der Waals surface area (Å²) < 4.78 is 5.15. The third-order valence-corrected chi connectivity index (χ3v) is 9.51. The molecule has 1 saturated heterocycles. The summed E-state index contributed by atoms with van der Waals surface area (Å²) in [7, 11) is 0. The second-order valence-electron chi connectivity index (χ2n) is 13.9. The molecule has 2 rings (SSSR count). The van der Waals surface area contributed by atoms with Gasteiger partial charge in [0, 0.05) is 25.9 Å². The fraction of sp³-hybridized carbons (Fsp3) is 0.700. The van der Waals surface area contributed by atoms with Crippen molar-refractivity contribution in [1.82, 2.24) is 20.9 Å². The Bertz CT molecular complexity index is 1210. The summed E-state index contributed by atoms with van der Waals surface area (Å²) in [6, 6.07) is 7.80. The molecule has 1 aliphatic rings. The number of ether oxygens (including phenoxy) is 1. The van der Waals surface area contributed by atoms with Gasteiger partial charge in [-0.05, 0) is 43.6 Å². The number of piperidine rings is 1. The van der Waals surface area contributed by atoms with Gasteiger partial charge in [-0.25, -0.2) is 4.79 Å². The quantitative estimate of drug-likeness (QED) is 0.0409. The van der Waals surface area contributed by atoms with Crippen molar-refractivity contribution < 1.29 is 38.7 Å². The minimum atomic E-state index is -1.24. The van der Waals surface area contributed by atoms with Crippen LogP contribution in [0.15, 0.2) is 35.5 Å². The van der Waals surface area contributed by atoms with Gasteiger partial charge in [0.2, 0.25) is 17.7 Å². The van der Waals surface area contributed by atoms with E-state index in [4.69, 9.17) is 14.7 Å². The third-order valence-electron chi connectivity index (χ3n) is 9.51. The molecule has 13 nitrogen and oxygen atoms in total. The number of benzene rings is 1. The highest BCUT2D eigenvalue weighted by atomic mass is 16.6. The highest BCUT2D eigenvalue weighted by Gasteiger charge is 2.24. The molecule has 0 aromatic heterocycles. The zero-order chi connectivity index (χ0) is 38.4. The number of hydrogen-bond donors (Lipinski definition) is 4. The Morgan fingerprint density at radius 2 is 1.49 bits per heavy atom. The highest BCUT2D eigenvalue weighted by Crippen LogP contribution is 2.22. The average Bonchev–Trinajstić information content (AvgIpc) is 3.16. The van der Waals surface area contributed by atoms with Crippen LogP contribution >= 0.6 is 0 Å². The Hall–Kier alpha value is -4.16. The third kappa shape index (κ3) is 23.2. The standard InChI is InChI=1S/C40H65N5O8/c1-2-3-4-5-6-7-8-9-10-11-12-13-17-20-37(47)45-28-23-33(24-29-45)25-30-53-43-27-26-41-36(46)22-21-35(39(50)42-31-38(48)49)44-40(51)52-32-34-18-15-14-16-19-34/h14-16,18-19,27,33,35H,2-13,17,20-26,28-32H2,1H3,(H,41,46)(H,42,50)(H,44,51)(H,48,49)/t35-/m0/s1. The minimum Gasteiger partial charge on any atom is -0.480 e. The van der Waals surface area contributed by atoms with Crippen LogP contribution in [0.3, 0.4) is 0 Å². The van der Waals surface area contributed by atoms with Crippen molar-refractivity contribution in [2.45, 2.75) is 142 Å². The summed E-state index contributed by atoms with van der Waals surface area (Å²) in [4.78, 5) is 68.1. The van der Waals surface area contributed by atoms with Crippen LogP contribution in [0.5, 0.6) is 0 Å². The van der Waals surface area contributed by atoms with Gasteiger partial charge >= 0.3 is 12.1 Å². The van der Waals surface area contributed by atoms with Crippen molar-refractivity contribution in [2.75, 3.05) is 32.8 Å². The maximum Gasteiger partial charge on any atom is 0.408 e. The van der Waals surface area contributed by atoms with Gasteiger partial charge in [0.05, 0.1) is 12.8 Å². The largest absolute Gasteiger partial charge is 0.480 e. The van der Waals surface area contributed by atoms with E-state index in [1.54, 1.807) is 24.3 Å². The number of likely N-dealkylation sites (tertiary alicyclic amines) is 1. The topological polar surface area (TPSA) is 176 Å². The first-order chi connectivity index (χ1) is 25.8. The number of nitrogens with zero attached hydrogens (tertiary/aromatic N) is 2. The Labute approximate surface area is 316 Å². The molecule has 4 N–H and O–H groups in total. The van der Waals surface area contributed by atoms with E-state index in [0.29, 0.717) is 18.9 Å². The molecule has 1 aromatic carbocycles. The van der Waals surface area contributed by atoms with E-state index in [9.17, 15) is 24.0 Å². The zero-order valence-corrected chi connectivity index (χ0v) is 32.0. The van der Waals surface area contributed by atoms with E-state index < -0.39 is 30.6 Å². The van der Waals surface area contributed by atoms with Gasteiger partial charge < -0.3 is 35.5 Å². The molecular formula is C40H65N5O8. The van der Waals surface area contributed by atoms with Crippen molar-refractivity contribution in [1.29, 1.82) is 0 Å². The summed E-state index contributed by atoms with van der Waals surface area (Å²) in [6.07, 6.45) is 20.7. The summed E-state index contributed by atoms with van der Waals surface area (Å²) in [5.41, 5.74) is 0.753. The summed E-state index contributed by atoms with van der Waals surface area (Å²) in [5, 5.41) is 20.0. The van der Waals surface area contributed by atoms with Crippen molar-refractivity contribution in [3.63, 3.8) is 0 Å². The lowest BCUT2D eigenvalue weighted by Gasteiger charge is -2.32. The molecule has 1 atom stereocenters. The molecule has 4 amide bonds. The SMILES string of the molecule is CCCCCCCCCCCCCCCC(=O)N1CCC(CCON=CCNC(=O)CC[C@H](NC(=O)OCc2ccccc2)C(=O)NCC(=O)O)CC1. The molecular weight excluding hydrogens is 678 g/mol. The molecule has 0 spiro atoms. The van der Waals surface area contributed by atoms with Crippen LogP contribution in [0.2, 0.25) is 0 Å². The lowest BCUT2D eigenvalue weighted by atomic mass is 9.93. The molecule has 0 unspecified atom stereocenters. The van der Waals surface area contributed by atoms with Crippen molar-refractivity contribution in [3.05, 3.63) is 35.9 Å². The van der Waals surface area contributed by atoms with Gasteiger partial charge in [0.25, 0.3) is 0 Å². The number of nitrogens with one attached hydrogen (secondary N) is 3. The number of carboxylic acid groups (broad SMARTS) is 1. The molecule has 13 heteroatoms. The van der Waals surface area contributed by atoms with Crippen LogP contribution in [-0.2, 0) is 35.4 Å². The number of oxime groups is 1. The van der Waals surface area contributed by atoms with Crippen LogP contribution in [0.4, 0.5) is 4.79 Å². The van der Waals surface area contributed by atoms with Gasteiger partial charge in [-0.15, -0.1) is 0 Å². The summed E-state index contributed by atoms with van der Waals surface area (Å²) >= 11 is 0. The smallest absolute Gasteiger partial charge is 0.408 e. The number of carbonyl (C=O) groups is 5. The van der Waals surface area contributed by atoms with Crippen LogP contribution in [0, 0.1) is 5.92 Å². The van der Waals surface area contributed by atoms with E-state index >= 15 is 0 Å². The van der Waals surface area contributed by atoms with Gasteiger partial charge in [0.1, 0.15) is 25.8 Å². The maximum absolute atomic E-state index is 12.7. The fourth-order valence-corrected chi connectivity index (χ4v) is 6.27. The monoisotopic (exact) mass is 743 g/mol. The number of carbonyl (C=O) groups excluding carboxylic acids is 4. The first-order valence-electron chi connectivity index (χ1n) is 19.9. The van der Waals surface area contributed by atoms with E-state index in [1.165, 1.54) is 76.8 Å². The number of rotatable bonds is 29. The number of unbranched alkanes of at least 4 members (excludes halogenated alkanes) is 12. The van der Waals surface area contributed by atoms with E-state index in [0.717, 1.165) is 50.8 Å². The second-order valence-corrected chi connectivity index (χ2v) is 13.9. The normalized spacial score (nSPS) is 13.7. The molecule has 53 heavy (non-hydrogen) atoms. The van der Waals surface area contributed by atoms with Crippen molar-refractivity contribution in [3.8, 4) is 0 Å². The highest BCUT2D eigenvalue weighted by molar-refractivity contribution is 5.88. The number of carboxylic acids is 1. The number of aliphatic carboxylic acids is 1.